The van der Waals surface area contributed by atoms with Gasteiger partial charge in [-0.3, -0.25) is 0 Å². The molecule has 5 rings (SSSR count). The predicted molar refractivity (Wildman–Crippen MR) is 199 cm³/mol. The SMILES string of the molecule is CC(C)(C)Oc1c2cccc1Cc1cccc(c1OC(C)(C)C)Cc1cccc(c1OC(C)(C)C)Cc1cccc(c1OC(C)(C)C)C2. The number of hydrogen-bond acceptors (Lipinski definition) is 4. The van der Waals surface area contributed by atoms with Crippen LogP contribution in [0.3, 0.4) is 0 Å². The molecule has 48 heavy (non-hydrogen) atoms. The summed E-state index contributed by atoms with van der Waals surface area (Å²) in [6, 6.07) is 26.2. The molecule has 0 radical (unpaired) electrons. The summed E-state index contributed by atoms with van der Waals surface area (Å²) >= 11 is 0. The van der Waals surface area contributed by atoms with E-state index >= 15 is 0 Å². The fourth-order valence-electron chi connectivity index (χ4n) is 6.24. The van der Waals surface area contributed by atoms with Gasteiger partial charge in [0.2, 0.25) is 0 Å². The van der Waals surface area contributed by atoms with Gasteiger partial charge in [0.25, 0.3) is 0 Å². The molecule has 0 heterocycles. The summed E-state index contributed by atoms with van der Waals surface area (Å²) < 4.78 is 27.3. The Balaban J connectivity index is 1.82. The molecule has 0 spiro atoms. The Kier molecular flexibility index (Phi) is 9.72. The number of para-hydroxylation sites is 4. The largest absolute Gasteiger partial charge is 0.488 e. The molecule has 4 nitrogen and oxygen atoms in total. The van der Waals surface area contributed by atoms with Crippen molar-refractivity contribution in [3.8, 4) is 23.0 Å². The molecule has 1 aliphatic carbocycles. The van der Waals surface area contributed by atoms with E-state index in [0.29, 0.717) is 25.7 Å². The van der Waals surface area contributed by atoms with E-state index in [1.54, 1.807) is 0 Å². The molecule has 0 aromatic heterocycles. The number of benzene rings is 4. The lowest BCUT2D eigenvalue weighted by molar-refractivity contribution is 0.125. The lowest BCUT2D eigenvalue weighted by atomic mass is 9.91. The fraction of sp³-hybridized carbons (Fsp3) is 0.455. The highest BCUT2D eigenvalue weighted by molar-refractivity contribution is 5.56. The third-order valence-electron chi connectivity index (χ3n) is 7.87. The summed E-state index contributed by atoms with van der Waals surface area (Å²) in [7, 11) is 0. The van der Waals surface area contributed by atoms with Crippen LogP contribution >= 0.6 is 0 Å². The van der Waals surface area contributed by atoms with Crippen molar-refractivity contribution < 1.29 is 18.9 Å². The zero-order valence-electron chi connectivity index (χ0n) is 31.4. The number of rotatable bonds is 4. The summed E-state index contributed by atoms with van der Waals surface area (Å²) in [5.41, 5.74) is 7.59. The normalized spacial score (nSPS) is 13.9. The van der Waals surface area contributed by atoms with E-state index in [1.165, 1.54) is 0 Å². The molecule has 0 N–H and O–H groups in total. The highest BCUT2D eigenvalue weighted by Crippen LogP contribution is 2.41. The third-order valence-corrected chi connectivity index (χ3v) is 7.87. The smallest absolute Gasteiger partial charge is 0.127 e. The molecule has 4 heteroatoms. The van der Waals surface area contributed by atoms with Gasteiger partial charge in [0.15, 0.2) is 0 Å². The van der Waals surface area contributed by atoms with Gasteiger partial charge in [-0.1, -0.05) is 72.8 Å². The van der Waals surface area contributed by atoms with Gasteiger partial charge in [-0.05, 0) is 128 Å². The lowest BCUT2D eigenvalue weighted by Gasteiger charge is -2.30. The lowest BCUT2D eigenvalue weighted by Crippen LogP contribution is -2.26. The van der Waals surface area contributed by atoms with Crippen molar-refractivity contribution >= 4 is 0 Å². The zero-order valence-corrected chi connectivity index (χ0v) is 31.4. The van der Waals surface area contributed by atoms with Crippen molar-refractivity contribution in [2.75, 3.05) is 0 Å². The predicted octanol–water partition coefficient (Wildman–Crippen LogP) is 11.1. The molecular weight excluding hydrogens is 592 g/mol. The van der Waals surface area contributed by atoms with Crippen LogP contribution in [-0.4, -0.2) is 22.4 Å². The number of ether oxygens (including phenoxy) is 4. The van der Waals surface area contributed by atoms with E-state index in [9.17, 15) is 0 Å². The second-order valence-corrected chi connectivity index (χ2v) is 17.2. The monoisotopic (exact) mass is 648 g/mol. The molecule has 4 aromatic carbocycles. The molecule has 0 amide bonds. The highest BCUT2D eigenvalue weighted by atomic mass is 16.5. The van der Waals surface area contributed by atoms with Crippen LogP contribution in [0, 0.1) is 0 Å². The molecule has 4 aromatic rings. The number of fused-ring (bicyclic) bond motifs is 8. The Bertz CT molecular complexity index is 1410. The Hall–Kier alpha value is -3.92. The molecule has 8 bridgehead atoms. The molecule has 0 saturated carbocycles. The summed E-state index contributed by atoms with van der Waals surface area (Å²) in [6.07, 6.45) is 2.70. The molecular formula is C44H56O4. The van der Waals surface area contributed by atoms with Gasteiger partial charge >= 0.3 is 0 Å². The van der Waals surface area contributed by atoms with Crippen LogP contribution in [0.4, 0.5) is 0 Å². The fourth-order valence-corrected chi connectivity index (χ4v) is 6.24. The topological polar surface area (TPSA) is 36.9 Å². The van der Waals surface area contributed by atoms with Gasteiger partial charge in [-0.25, -0.2) is 0 Å². The molecule has 0 aliphatic heterocycles. The maximum absolute atomic E-state index is 6.83. The standard InChI is InChI=1S/C44H56O4/c1-41(2,3)45-37-29-17-13-18-30(37)26-32-20-15-22-34(39(32)47-43(7,8)9)28-36-24-16-23-35(40(36)48-44(10,11)12)27-33-21-14-19-31(25-29)38(33)46-42(4,5)6/h13-24H,25-28H2,1-12H3. The second kappa shape index (κ2) is 13.2. The minimum absolute atomic E-state index is 0.378. The van der Waals surface area contributed by atoms with Crippen molar-refractivity contribution in [2.45, 2.75) is 131 Å². The first-order chi connectivity index (χ1) is 22.2. The van der Waals surface area contributed by atoms with Crippen LogP contribution in [0.2, 0.25) is 0 Å². The van der Waals surface area contributed by atoms with Crippen LogP contribution < -0.4 is 18.9 Å². The third kappa shape index (κ3) is 9.15. The summed E-state index contributed by atoms with van der Waals surface area (Å²) in [5.74, 6) is 3.73. The van der Waals surface area contributed by atoms with E-state index in [4.69, 9.17) is 18.9 Å². The van der Waals surface area contributed by atoms with Gasteiger partial charge in [0.1, 0.15) is 45.4 Å². The average Bonchev–Trinajstić information content (AvgIpc) is 2.92. The Morgan fingerprint density at radius 2 is 0.438 bits per heavy atom. The first-order valence-electron chi connectivity index (χ1n) is 17.4. The van der Waals surface area contributed by atoms with Crippen molar-refractivity contribution in [2.24, 2.45) is 0 Å². The van der Waals surface area contributed by atoms with Crippen LogP contribution in [0.5, 0.6) is 23.0 Å². The Morgan fingerprint density at radius 3 is 0.562 bits per heavy atom. The van der Waals surface area contributed by atoms with Gasteiger partial charge in [0, 0.05) is 25.7 Å². The average molecular weight is 649 g/mol. The summed E-state index contributed by atoms with van der Waals surface area (Å²) in [4.78, 5) is 0. The zero-order chi connectivity index (χ0) is 35.1. The van der Waals surface area contributed by atoms with Gasteiger partial charge in [-0.15, -0.1) is 0 Å². The highest BCUT2D eigenvalue weighted by Gasteiger charge is 2.27. The first kappa shape index (κ1) is 35.4. The van der Waals surface area contributed by atoms with E-state index in [0.717, 1.165) is 67.5 Å². The molecule has 256 valence electrons. The molecule has 0 atom stereocenters. The van der Waals surface area contributed by atoms with Crippen LogP contribution in [0.15, 0.2) is 72.8 Å². The van der Waals surface area contributed by atoms with Crippen LogP contribution in [-0.2, 0) is 25.7 Å². The summed E-state index contributed by atoms with van der Waals surface area (Å²) in [6.45, 7) is 25.4. The van der Waals surface area contributed by atoms with Crippen LogP contribution in [0.25, 0.3) is 0 Å². The minimum atomic E-state index is -0.378. The van der Waals surface area contributed by atoms with E-state index < -0.39 is 0 Å². The van der Waals surface area contributed by atoms with E-state index in [-0.39, 0.29) is 22.4 Å². The van der Waals surface area contributed by atoms with Gasteiger partial charge < -0.3 is 18.9 Å². The quantitative estimate of drug-likeness (QED) is 0.194. The number of hydrogen-bond donors (Lipinski definition) is 0. The maximum Gasteiger partial charge on any atom is 0.127 e. The van der Waals surface area contributed by atoms with Crippen molar-refractivity contribution in [3.05, 3.63) is 117 Å². The molecule has 0 saturated heterocycles. The molecule has 1 aliphatic rings. The van der Waals surface area contributed by atoms with Crippen molar-refractivity contribution in [1.29, 1.82) is 0 Å². The Labute approximate surface area is 289 Å². The first-order valence-corrected chi connectivity index (χ1v) is 17.4. The van der Waals surface area contributed by atoms with Gasteiger partial charge in [0.05, 0.1) is 0 Å². The van der Waals surface area contributed by atoms with Crippen molar-refractivity contribution in [1.82, 2.24) is 0 Å². The van der Waals surface area contributed by atoms with E-state index in [2.05, 4.69) is 156 Å². The molecule has 0 fully saturated rings. The van der Waals surface area contributed by atoms with Crippen LogP contribution in [0.1, 0.15) is 128 Å². The second-order valence-electron chi connectivity index (χ2n) is 17.2. The van der Waals surface area contributed by atoms with Crippen molar-refractivity contribution in [3.63, 3.8) is 0 Å². The maximum atomic E-state index is 6.83. The van der Waals surface area contributed by atoms with E-state index in [1.807, 2.05) is 0 Å². The molecule has 0 unspecified atom stereocenters. The minimum Gasteiger partial charge on any atom is -0.488 e. The summed E-state index contributed by atoms with van der Waals surface area (Å²) in [5, 5.41) is 0. The Morgan fingerprint density at radius 1 is 0.292 bits per heavy atom. The van der Waals surface area contributed by atoms with Gasteiger partial charge in [-0.2, -0.15) is 0 Å².